The Morgan fingerprint density at radius 2 is 2.64 bits per heavy atom. The molecule has 0 radical (unpaired) electrons. The van der Waals surface area contributed by atoms with Crippen LogP contribution < -0.4 is 11.3 Å². The molecule has 0 fully saturated rings. The predicted octanol–water partition coefficient (Wildman–Crippen LogP) is -0.705. The SMILES string of the molecule is Cc1nccn1C(=O)CNN. The number of carbonyl (C=O) groups excluding carboxylic acids is 1. The lowest BCUT2D eigenvalue weighted by Crippen LogP contribution is -2.32. The summed E-state index contributed by atoms with van der Waals surface area (Å²) >= 11 is 0. The molecule has 5 nitrogen and oxygen atoms in total. The van der Waals surface area contributed by atoms with E-state index in [1.807, 2.05) is 0 Å². The minimum Gasteiger partial charge on any atom is -0.273 e. The fourth-order valence-electron chi connectivity index (χ4n) is 0.814. The van der Waals surface area contributed by atoms with Gasteiger partial charge in [0.05, 0.1) is 6.54 Å². The molecule has 0 atom stereocenters. The van der Waals surface area contributed by atoms with Crippen LogP contribution >= 0.6 is 0 Å². The van der Waals surface area contributed by atoms with Crippen LogP contribution in [0.4, 0.5) is 0 Å². The third-order valence-electron chi connectivity index (χ3n) is 1.35. The summed E-state index contributed by atoms with van der Waals surface area (Å²) in [4.78, 5) is 15.0. The number of hydrogen-bond donors (Lipinski definition) is 2. The van der Waals surface area contributed by atoms with Crippen LogP contribution in [0.3, 0.4) is 0 Å². The molecular weight excluding hydrogens is 144 g/mol. The number of imidazole rings is 1. The molecular formula is C6H10N4O. The summed E-state index contributed by atoms with van der Waals surface area (Å²) in [5, 5.41) is 0. The normalized spacial score (nSPS) is 10.0. The standard InChI is InChI=1S/C6H10N4O/c1-5-8-2-3-10(5)6(11)4-9-7/h2-3,9H,4,7H2,1H3. The van der Waals surface area contributed by atoms with E-state index in [1.165, 1.54) is 4.57 Å². The van der Waals surface area contributed by atoms with Gasteiger partial charge in [-0.25, -0.2) is 4.98 Å². The summed E-state index contributed by atoms with van der Waals surface area (Å²) < 4.78 is 1.44. The monoisotopic (exact) mass is 154 g/mol. The number of aryl methyl sites for hydroxylation is 1. The first-order valence-electron chi connectivity index (χ1n) is 3.22. The van der Waals surface area contributed by atoms with Crippen molar-refractivity contribution < 1.29 is 4.79 Å². The van der Waals surface area contributed by atoms with Gasteiger partial charge in [0, 0.05) is 12.4 Å². The number of nitrogens with zero attached hydrogens (tertiary/aromatic N) is 2. The first-order chi connectivity index (χ1) is 5.25. The maximum absolute atomic E-state index is 11.1. The van der Waals surface area contributed by atoms with Gasteiger partial charge in [-0.2, -0.15) is 0 Å². The molecule has 1 aromatic heterocycles. The summed E-state index contributed by atoms with van der Waals surface area (Å²) in [7, 11) is 0. The molecule has 1 aromatic rings. The molecule has 11 heavy (non-hydrogen) atoms. The van der Waals surface area contributed by atoms with Crippen molar-refractivity contribution in [3.05, 3.63) is 18.2 Å². The Bertz CT molecular complexity index is 255. The maximum Gasteiger partial charge on any atom is 0.247 e. The fraction of sp³-hybridized carbons (Fsp3) is 0.333. The van der Waals surface area contributed by atoms with E-state index in [-0.39, 0.29) is 12.5 Å². The number of hydrazine groups is 1. The van der Waals surface area contributed by atoms with Gasteiger partial charge >= 0.3 is 0 Å². The Morgan fingerprint density at radius 3 is 3.09 bits per heavy atom. The maximum atomic E-state index is 11.1. The summed E-state index contributed by atoms with van der Waals surface area (Å²) in [6.45, 7) is 1.88. The summed E-state index contributed by atoms with van der Waals surface area (Å²) in [5.41, 5.74) is 2.28. The average molecular weight is 154 g/mol. The van der Waals surface area contributed by atoms with E-state index in [2.05, 4.69) is 10.4 Å². The van der Waals surface area contributed by atoms with E-state index in [4.69, 9.17) is 5.84 Å². The van der Waals surface area contributed by atoms with Gasteiger partial charge in [-0.15, -0.1) is 0 Å². The van der Waals surface area contributed by atoms with Crippen LogP contribution in [-0.4, -0.2) is 22.0 Å². The lowest BCUT2D eigenvalue weighted by atomic mass is 10.5. The van der Waals surface area contributed by atoms with Gasteiger partial charge in [0.15, 0.2) is 0 Å². The van der Waals surface area contributed by atoms with Crippen LogP contribution in [0, 0.1) is 6.92 Å². The highest BCUT2D eigenvalue weighted by atomic mass is 16.2. The Hall–Kier alpha value is -1.20. The highest BCUT2D eigenvalue weighted by Gasteiger charge is 2.04. The molecule has 60 valence electrons. The van der Waals surface area contributed by atoms with Gasteiger partial charge in [0.25, 0.3) is 0 Å². The van der Waals surface area contributed by atoms with Crippen molar-refractivity contribution in [1.29, 1.82) is 0 Å². The number of nitrogens with one attached hydrogen (secondary N) is 1. The highest BCUT2D eigenvalue weighted by Crippen LogP contribution is 1.93. The first-order valence-corrected chi connectivity index (χ1v) is 3.22. The van der Waals surface area contributed by atoms with Crippen molar-refractivity contribution in [1.82, 2.24) is 15.0 Å². The summed E-state index contributed by atoms with van der Waals surface area (Å²) in [5.74, 6) is 5.54. The van der Waals surface area contributed by atoms with Crippen LogP contribution in [-0.2, 0) is 0 Å². The number of nitrogens with two attached hydrogens (primary N) is 1. The molecule has 0 aliphatic carbocycles. The topological polar surface area (TPSA) is 72.9 Å². The Morgan fingerprint density at radius 1 is 1.91 bits per heavy atom. The second-order valence-electron chi connectivity index (χ2n) is 2.12. The van der Waals surface area contributed by atoms with Gasteiger partial charge in [-0.3, -0.25) is 20.6 Å². The van der Waals surface area contributed by atoms with Crippen molar-refractivity contribution in [2.75, 3.05) is 6.54 Å². The van der Waals surface area contributed by atoms with E-state index >= 15 is 0 Å². The smallest absolute Gasteiger partial charge is 0.247 e. The molecule has 0 saturated heterocycles. The zero-order valence-corrected chi connectivity index (χ0v) is 6.24. The van der Waals surface area contributed by atoms with E-state index in [1.54, 1.807) is 19.3 Å². The Balaban J connectivity index is 2.76. The number of rotatable bonds is 2. The molecule has 1 rings (SSSR count). The minimum absolute atomic E-state index is 0.109. The molecule has 0 spiro atoms. The third-order valence-corrected chi connectivity index (χ3v) is 1.35. The Labute approximate surface area is 64.2 Å². The van der Waals surface area contributed by atoms with E-state index < -0.39 is 0 Å². The van der Waals surface area contributed by atoms with Crippen molar-refractivity contribution in [2.24, 2.45) is 5.84 Å². The molecule has 0 unspecified atom stereocenters. The molecule has 0 aliphatic heterocycles. The summed E-state index contributed by atoms with van der Waals surface area (Å²) in [6, 6.07) is 0. The first kappa shape index (κ1) is 7.90. The van der Waals surface area contributed by atoms with Crippen LogP contribution in [0.15, 0.2) is 12.4 Å². The zero-order valence-electron chi connectivity index (χ0n) is 6.24. The van der Waals surface area contributed by atoms with Crippen molar-refractivity contribution in [3.8, 4) is 0 Å². The van der Waals surface area contributed by atoms with E-state index in [0.29, 0.717) is 5.82 Å². The highest BCUT2D eigenvalue weighted by molar-refractivity contribution is 5.81. The Kier molecular flexibility index (Phi) is 2.35. The van der Waals surface area contributed by atoms with Crippen molar-refractivity contribution >= 4 is 5.91 Å². The van der Waals surface area contributed by atoms with Crippen molar-refractivity contribution in [3.63, 3.8) is 0 Å². The average Bonchev–Trinajstić information content (AvgIpc) is 2.36. The molecule has 1 heterocycles. The molecule has 0 bridgehead atoms. The van der Waals surface area contributed by atoms with Crippen LogP contribution in [0.25, 0.3) is 0 Å². The van der Waals surface area contributed by atoms with Crippen molar-refractivity contribution in [2.45, 2.75) is 6.92 Å². The van der Waals surface area contributed by atoms with E-state index in [9.17, 15) is 4.79 Å². The minimum atomic E-state index is -0.109. The van der Waals surface area contributed by atoms with Gasteiger partial charge in [-0.1, -0.05) is 0 Å². The molecule has 5 heteroatoms. The van der Waals surface area contributed by atoms with Crippen LogP contribution in [0.5, 0.6) is 0 Å². The lowest BCUT2D eigenvalue weighted by molar-refractivity contribution is 0.0910. The fourth-order valence-corrected chi connectivity index (χ4v) is 0.814. The number of hydrogen-bond acceptors (Lipinski definition) is 4. The molecule has 0 amide bonds. The van der Waals surface area contributed by atoms with Gasteiger partial charge in [0.1, 0.15) is 5.82 Å². The van der Waals surface area contributed by atoms with Crippen LogP contribution in [0.1, 0.15) is 10.6 Å². The molecule has 0 saturated carbocycles. The van der Waals surface area contributed by atoms with E-state index in [0.717, 1.165) is 0 Å². The van der Waals surface area contributed by atoms with Crippen LogP contribution in [0.2, 0.25) is 0 Å². The van der Waals surface area contributed by atoms with Gasteiger partial charge in [-0.05, 0) is 6.92 Å². The molecule has 3 N–H and O–H groups in total. The summed E-state index contributed by atoms with van der Waals surface area (Å²) in [6.07, 6.45) is 3.18. The largest absolute Gasteiger partial charge is 0.273 e. The second kappa shape index (κ2) is 3.27. The predicted molar refractivity (Wildman–Crippen MR) is 39.8 cm³/mol. The third kappa shape index (κ3) is 1.63. The second-order valence-corrected chi connectivity index (χ2v) is 2.12. The quantitative estimate of drug-likeness (QED) is 0.436. The number of carbonyl (C=O) groups is 1. The molecule has 0 aromatic carbocycles. The molecule has 0 aliphatic rings. The number of aromatic nitrogens is 2. The van der Waals surface area contributed by atoms with Gasteiger partial charge < -0.3 is 0 Å². The zero-order chi connectivity index (χ0) is 8.27. The van der Waals surface area contributed by atoms with Gasteiger partial charge in [0.2, 0.25) is 5.91 Å². The lowest BCUT2D eigenvalue weighted by Gasteiger charge is -2.00.